The maximum absolute atomic E-state index is 14.1. The van der Waals surface area contributed by atoms with Crippen molar-refractivity contribution in [2.75, 3.05) is 26.2 Å². The highest BCUT2D eigenvalue weighted by Crippen LogP contribution is 2.32. The molecule has 4 amide bonds. The van der Waals surface area contributed by atoms with Crippen LogP contribution < -0.4 is 5.32 Å². The minimum Gasteiger partial charge on any atom is -0.336 e. The summed E-state index contributed by atoms with van der Waals surface area (Å²) in [5.74, 6) is -0.210. The van der Waals surface area contributed by atoms with Crippen LogP contribution in [-0.2, 0) is 16.1 Å². The van der Waals surface area contributed by atoms with E-state index in [1.165, 1.54) is 0 Å². The Morgan fingerprint density at radius 1 is 0.878 bits per heavy atom. The molecule has 8 heteroatoms. The fourth-order valence-corrected chi connectivity index (χ4v) is 6.03. The van der Waals surface area contributed by atoms with E-state index in [0.29, 0.717) is 26.1 Å². The number of hydrogen-bond donors (Lipinski definition) is 1. The van der Waals surface area contributed by atoms with Gasteiger partial charge >= 0.3 is 6.03 Å². The fraction of sp³-hybridized carbons (Fsp3) is 0.364. The second-order valence-electron chi connectivity index (χ2n) is 10.7. The lowest BCUT2D eigenvalue weighted by molar-refractivity contribution is -0.190. The van der Waals surface area contributed by atoms with Gasteiger partial charge in [-0.3, -0.25) is 9.59 Å². The topological polar surface area (TPSA) is 76.2 Å². The number of fused-ring (bicyclic) bond motifs is 1. The van der Waals surface area contributed by atoms with Crippen LogP contribution in [0, 0.1) is 0 Å². The van der Waals surface area contributed by atoms with Crippen LogP contribution in [0.25, 0.3) is 0 Å². The molecule has 41 heavy (non-hydrogen) atoms. The molecule has 0 radical (unpaired) electrons. The van der Waals surface area contributed by atoms with E-state index in [0.717, 1.165) is 23.1 Å². The van der Waals surface area contributed by atoms with Crippen LogP contribution in [-0.4, -0.2) is 76.0 Å². The number of carbonyl (C=O) groups is 3. The molecule has 0 spiro atoms. The van der Waals surface area contributed by atoms with Crippen LogP contribution in [0.5, 0.6) is 0 Å². The number of hydrogen-bond acceptors (Lipinski definition) is 4. The summed E-state index contributed by atoms with van der Waals surface area (Å²) in [6, 6.07) is 29.3. The lowest BCUT2D eigenvalue weighted by atomic mass is 9.90. The molecule has 1 N–H and O–H groups in total. The summed E-state index contributed by atoms with van der Waals surface area (Å²) in [5, 5.41) is 6.52. The van der Waals surface area contributed by atoms with Gasteiger partial charge in [0.2, 0.25) is 11.8 Å². The number of nitrogens with zero attached hydrogens (tertiary/aromatic N) is 4. The summed E-state index contributed by atoms with van der Waals surface area (Å²) in [5.41, 5.74) is 3.23. The van der Waals surface area contributed by atoms with Crippen molar-refractivity contribution in [3.05, 3.63) is 108 Å². The molecule has 0 bridgehead atoms. The first-order chi connectivity index (χ1) is 20.0. The Balaban J connectivity index is 1.47. The quantitative estimate of drug-likeness (QED) is 0.425. The molecule has 214 valence electrons. The minimum absolute atomic E-state index is 0.0443. The van der Waals surface area contributed by atoms with E-state index in [9.17, 15) is 14.4 Å². The first kappa shape index (κ1) is 28.4. The molecule has 3 aromatic rings. The van der Waals surface area contributed by atoms with Crippen molar-refractivity contribution in [1.82, 2.24) is 25.1 Å². The van der Waals surface area contributed by atoms with Crippen LogP contribution in [0.3, 0.4) is 0 Å². The van der Waals surface area contributed by atoms with Gasteiger partial charge in [-0.2, -0.15) is 0 Å². The van der Waals surface area contributed by atoms with E-state index in [1.807, 2.05) is 85.5 Å². The number of hydrazine groups is 1. The number of nitrogens with one attached hydrogen (secondary N) is 1. The average molecular weight is 554 g/mol. The SMILES string of the molecule is CCC[C@H]1C(=O)N(CC(c2ccccc2)c2ccccc2)C[C@H]2N1C(=O)CN(CC)N2C(=O)NCc1ccccc1. The molecule has 0 saturated carbocycles. The van der Waals surface area contributed by atoms with Crippen LogP contribution in [0.15, 0.2) is 91.0 Å². The third-order valence-corrected chi connectivity index (χ3v) is 8.06. The molecule has 2 fully saturated rings. The molecule has 0 aromatic heterocycles. The summed E-state index contributed by atoms with van der Waals surface area (Å²) in [4.78, 5) is 44.9. The second kappa shape index (κ2) is 13.0. The monoisotopic (exact) mass is 553 g/mol. The fourth-order valence-electron chi connectivity index (χ4n) is 6.03. The molecule has 3 aromatic carbocycles. The number of amides is 4. The first-order valence-corrected chi connectivity index (χ1v) is 14.6. The van der Waals surface area contributed by atoms with Crippen LogP contribution in [0.2, 0.25) is 0 Å². The van der Waals surface area contributed by atoms with Gasteiger partial charge in [0, 0.05) is 25.6 Å². The third kappa shape index (κ3) is 6.12. The maximum atomic E-state index is 14.1. The maximum Gasteiger partial charge on any atom is 0.334 e. The number of piperazine rings is 1. The molecule has 0 aliphatic carbocycles. The highest BCUT2D eigenvalue weighted by Gasteiger charge is 2.51. The summed E-state index contributed by atoms with van der Waals surface area (Å²) >= 11 is 0. The van der Waals surface area contributed by atoms with E-state index >= 15 is 0 Å². The predicted octanol–water partition coefficient (Wildman–Crippen LogP) is 4.45. The van der Waals surface area contributed by atoms with Crippen molar-refractivity contribution in [1.29, 1.82) is 0 Å². The smallest absolute Gasteiger partial charge is 0.334 e. The normalized spacial score (nSPS) is 19.4. The molecule has 0 unspecified atom stereocenters. The van der Waals surface area contributed by atoms with Gasteiger partial charge in [-0.25, -0.2) is 14.8 Å². The standard InChI is InChI=1S/C33H39N5O3/c1-3-14-29-32(40)35(22-28(26-17-10-6-11-18-26)27-19-12-7-13-20-27)23-30-37(29)31(39)24-36(4-2)38(30)33(41)34-21-25-15-8-5-9-16-25/h5-13,15-20,28-30H,3-4,14,21-24H2,1-2H3,(H,34,41)/t29-,30-/m0/s1. The zero-order valence-electron chi connectivity index (χ0n) is 23.9. The first-order valence-electron chi connectivity index (χ1n) is 14.6. The Labute approximate surface area is 242 Å². The highest BCUT2D eigenvalue weighted by molar-refractivity contribution is 5.91. The molecule has 2 atom stereocenters. The van der Waals surface area contributed by atoms with Gasteiger partial charge in [0.1, 0.15) is 12.2 Å². The van der Waals surface area contributed by atoms with Gasteiger partial charge in [0.05, 0.1) is 13.1 Å². The number of likely N-dealkylation sites (N-methyl/N-ethyl adjacent to an activating group) is 1. The van der Waals surface area contributed by atoms with E-state index in [-0.39, 0.29) is 36.9 Å². The molecular weight excluding hydrogens is 514 g/mol. The van der Waals surface area contributed by atoms with Gasteiger partial charge in [0.15, 0.2) is 0 Å². The van der Waals surface area contributed by atoms with Gasteiger partial charge in [-0.15, -0.1) is 0 Å². The van der Waals surface area contributed by atoms with E-state index in [2.05, 4.69) is 29.6 Å². The van der Waals surface area contributed by atoms with Crippen molar-refractivity contribution in [2.24, 2.45) is 0 Å². The number of carbonyl (C=O) groups excluding carboxylic acids is 3. The number of benzene rings is 3. The van der Waals surface area contributed by atoms with Gasteiger partial charge in [-0.05, 0) is 23.1 Å². The van der Waals surface area contributed by atoms with E-state index in [1.54, 1.807) is 14.9 Å². The third-order valence-electron chi connectivity index (χ3n) is 8.06. The number of rotatable bonds is 9. The van der Waals surface area contributed by atoms with Crippen molar-refractivity contribution >= 4 is 17.8 Å². The summed E-state index contributed by atoms with van der Waals surface area (Å²) in [6.07, 6.45) is 0.706. The zero-order valence-corrected chi connectivity index (χ0v) is 23.9. The summed E-state index contributed by atoms with van der Waals surface area (Å²) in [6.45, 7) is 5.60. The Kier molecular flexibility index (Phi) is 8.99. The van der Waals surface area contributed by atoms with Gasteiger partial charge in [0.25, 0.3) is 0 Å². The van der Waals surface area contributed by atoms with Gasteiger partial charge in [-0.1, -0.05) is 111 Å². The molecule has 2 aliphatic heterocycles. The lowest BCUT2D eigenvalue weighted by Crippen LogP contribution is -2.76. The van der Waals surface area contributed by atoms with Gasteiger partial charge < -0.3 is 15.1 Å². The van der Waals surface area contributed by atoms with Crippen LogP contribution in [0.4, 0.5) is 4.79 Å². The molecule has 2 saturated heterocycles. The molecular formula is C33H39N5O3. The van der Waals surface area contributed by atoms with Crippen LogP contribution >= 0.6 is 0 Å². The average Bonchev–Trinajstić information content (AvgIpc) is 3.01. The summed E-state index contributed by atoms with van der Waals surface area (Å²) in [7, 11) is 0. The molecule has 2 aliphatic rings. The highest BCUT2D eigenvalue weighted by atomic mass is 16.2. The predicted molar refractivity (Wildman–Crippen MR) is 158 cm³/mol. The second-order valence-corrected chi connectivity index (χ2v) is 10.7. The molecule has 2 heterocycles. The lowest BCUT2D eigenvalue weighted by Gasteiger charge is -2.55. The molecule has 5 rings (SSSR count). The zero-order chi connectivity index (χ0) is 28.8. The molecule has 8 nitrogen and oxygen atoms in total. The number of urea groups is 1. The van der Waals surface area contributed by atoms with Crippen LogP contribution in [0.1, 0.15) is 49.3 Å². The van der Waals surface area contributed by atoms with Crippen molar-refractivity contribution < 1.29 is 14.4 Å². The van der Waals surface area contributed by atoms with E-state index < -0.39 is 12.2 Å². The van der Waals surface area contributed by atoms with Crippen molar-refractivity contribution in [3.8, 4) is 0 Å². The van der Waals surface area contributed by atoms with Crippen molar-refractivity contribution in [3.63, 3.8) is 0 Å². The Hall–Kier alpha value is -4.17. The minimum atomic E-state index is -0.609. The Morgan fingerprint density at radius 2 is 1.46 bits per heavy atom. The Morgan fingerprint density at radius 3 is 2.02 bits per heavy atom. The van der Waals surface area contributed by atoms with Crippen molar-refractivity contribution in [2.45, 2.75) is 51.4 Å². The largest absolute Gasteiger partial charge is 0.336 e. The Bertz CT molecular complexity index is 1280. The summed E-state index contributed by atoms with van der Waals surface area (Å²) < 4.78 is 0. The van der Waals surface area contributed by atoms with E-state index in [4.69, 9.17) is 0 Å².